The van der Waals surface area contributed by atoms with Gasteiger partial charge >= 0.3 is 0 Å². The van der Waals surface area contributed by atoms with Crippen LogP contribution in [0.5, 0.6) is 11.5 Å². The molecule has 0 bridgehead atoms. The average Bonchev–Trinajstić information content (AvgIpc) is 2.26. The van der Waals surface area contributed by atoms with E-state index in [-0.39, 0.29) is 5.78 Å². The minimum Gasteiger partial charge on any atom is -0.496 e. The molecule has 15 heavy (non-hydrogen) atoms. The maximum absolute atomic E-state index is 11.3. The number of ketones is 1. The van der Waals surface area contributed by atoms with Gasteiger partial charge in [0.25, 0.3) is 0 Å². The Morgan fingerprint density at radius 2 is 1.87 bits per heavy atom. The SMILES string of the molecule is COc1cc(OC)c(C(C)=O)cc1CCl. The molecule has 0 aromatic heterocycles. The quantitative estimate of drug-likeness (QED) is 0.587. The number of halogens is 1. The molecule has 0 unspecified atom stereocenters. The number of alkyl halides is 1. The Morgan fingerprint density at radius 3 is 2.27 bits per heavy atom. The summed E-state index contributed by atoms with van der Waals surface area (Å²) in [6.07, 6.45) is 0. The highest BCUT2D eigenvalue weighted by atomic mass is 35.5. The molecule has 0 N–H and O–H groups in total. The van der Waals surface area contributed by atoms with Crippen molar-refractivity contribution in [2.45, 2.75) is 12.8 Å². The summed E-state index contributed by atoms with van der Waals surface area (Å²) in [5.41, 5.74) is 1.30. The molecule has 0 fully saturated rings. The highest BCUT2D eigenvalue weighted by Gasteiger charge is 2.13. The molecule has 0 atom stereocenters. The molecule has 0 amide bonds. The Kier molecular flexibility index (Phi) is 3.97. The Balaban J connectivity index is 3.34. The molecule has 0 saturated carbocycles. The summed E-state index contributed by atoms with van der Waals surface area (Å²) in [6.45, 7) is 1.49. The second-order valence-corrected chi connectivity index (χ2v) is 3.32. The lowest BCUT2D eigenvalue weighted by Gasteiger charge is -2.11. The topological polar surface area (TPSA) is 35.5 Å². The lowest BCUT2D eigenvalue weighted by atomic mass is 10.1. The summed E-state index contributed by atoms with van der Waals surface area (Å²) in [6, 6.07) is 3.38. The predicted molar refractivity (Wildman–Crippen MR) is 59.1 cm³/mol. The number of carbonyl (C=O) groups excluding carboxylic acids is 1. The molecular formula is C11H13ClO3. The zero-order valence-electron chi connectivity index (χ0n) is 8.96. The largest absolute Gasteiger partial charge is 0.496 e. The van der Waals surface area contributed by atoms with Crippen LogP contribution in [0.25, 0.3) is 0 Å². The third kappa shape index (κ3) is 2.42. The lowest BCUT2D eigenvalue weighted by Crippen LogP contribution is -2.00. The van der Waals surface area contributed by atoms with Gasteiger partial charge in [-0.2, -0.15) is 0 Å². The summed E-state index contributed by atoms with van der Waals surface area (Å²) in [7, 11) is 3.07. The lowest BCUT2D eigenvalue weighted by molar-refractivity contribution is 0.101. The normalized spacial score (nSPS) is 9.87. The van der Waals surface area contributed by atoms with E-state index in [2.05, 4.69) is 0 Å². The van der Waals surface area contributed by atoms with Gasteiger partial charge in [-0.05, 0) is 13.0 Å². The molecule has 1 rings (SSSR count). The van der Waals surface area contributed by atoms with Gasteiger partial charge in [-0.15, -0.1) is 11.6 Å². The van der Waals surface area contributed by atoms with Crippen LogP contribution in [-0.2, 0) is 5.88 Å². The van der Waals surface area contributed by atoms with Crippen molar-refractivity contribution in [3.63, 3.8) is 0 Å². The minimum absolute atomic E-state index is 0.0548. The van der Waals surface area contributed by atoms with Gasteiger partial charge in [0.2, 0.25) is 0 Å². The van der Waals surface area contributed by atoms with Crippen molar-refractivity contribution in [1.29, 1.82) is 0 Å². The van der Waals surface area contributed by atoms with E-state index in [9.17, 15) is 4.79 Å². The van der Waals surface area contributed by atoms with E-state index in [1.54, 1.807) is 19.2 Å². The number of benzene rings is 1. The van der Waals surface area contributed by atoms with E-state index < -0.39 is 0 Å². The van der Waals surface area contributed by atoms with Gasteiger partial charge in [0.1, 0.15) is 11.5 Å². The number of ether oxygens (including phenoxy) is 2. The van der Waals surface area contributed by atoms with Gasteiger partial charge in [-0.3, -0.25) is 4.79 Å². The van der Waals surface area contributed by atoms with Crippen molar-refractivity contribution in [1.82, 2.24) is 0 Å². The highest BCUT2D eigenvalue weighted by molar-refractivity contribution is 6.17. The maximum atomic E-state index is 11.3. The van der Waals surface area contributed by atoms with E-state index in [1.165, 1.54) is 14.0 Å². The zero-order valence-corrected chi connectivity index (χ0v) is 9.72. The van der Waals surface area contributed by atoms with Crippen molar-refractivity contribution in [2.75, 3.05) is 14.2 Å². The molecule has 0 aliphatic carbocycles. The van der Waals surface area contributed by atoms with Gasteiger partial charge in [0, 0.05) is 11.6 Å². The fraction of sp³-hybridized carbons (Fsp3) is 0.364. The predicted octanol–water partition coefficient (Wildman–Crippen LogP) is 2.65. The molecule has 1 aromatic rings. The smallest absolute Gasteiger partial charge is 0.163 e. The van der Waals surface area contributed by atoms with Crippen molar-refractivity contribution < 1.29 is 14.3 Å². The van der Waals surface area contributed by atoms with Gasteiger partial charge in [-0.25, -0.2) is 0 Å². The van der Waals surface area contributed by atoms with E-state index >= 15 is 0 Å². The molecule has 1 aromatic carbocycles. The zero-order chi connectivity index (χ0) is 11.4. The number of methoxy groups -OCH3 is 2. The molecular weight excluding hydrogens is 216 g/mol. The van der Waals surface area contributed by atoms with Crippen molar-refractivity contribution in [2.24, 2.45) is 0 Å². The summed E-state index contributed by atoms with van der Waals surface area (Å²) in [4.78, 5) is 11.3. The fourth-order valence-corrected chi connectivity index (χ4v) is 1.55. The number of rotatable bonds is 4. The molecule has 0 aliphatic rings. The van der Waals surface area contributed by atoms with Gasteiger partial charge in [0.05, 0.1) is 25.7 Å². The van der Waals surface area contributed by atoms with Gasteiger partial charge < -0.3 is 9.47 Å². The average molecular weight is 229 g/mol. The Labute approximate surface area is 93.9 Å². The van der Waals surface area contributed by atoms with Crippen LogP contribution >= 0.6 is 11.6 Å². The van der Waals surface area contributed by atoms with Gasteiger partial charge in [-0.1, -0.05) is 0 Å². The van der Waals surface area contributed by atoms with Crippen LogP contribution in [0.1, 0.15) is 22.8 Å². The Bertz CT molecular complexity index is 374. The summed E-state index contributed by atoms with van der Waals surface area (Å²) < 4.78 is 10.2. The summed E-state index contributed by atoms with van der Waals surface area (Å²) in [5, 5.41) is 0. The van der Waals surface area contributed by atoms with Gasteiger partial charge in [0.15, 0.2) is 5.78 Å². The summed E-state index contributed by atoms with van der Waals surface area (Å²) >= 11 is 5.75. The molecule has 0 saturated heterocycles. The number of hydrogen-bond donors (Lipinski definition) is 0. The molecule has 4 heteroatoms. The van der Waals surface area contributed by atoms with Crippen LogP contribution in [0.2, 0.25) is 0 Å². The standard InChI is InChI=1S/C11H13ClO3/c1-7(13)9-4-8(6-12)10(14-2)5-11(9)15-3/h4-5H,6H2,1-3H3. The first kappa shape index (κ1) is 11.9. The van der Waals surface area contributed by atoms with Crippen LogP contribution < -0.4 is 9.47 Å². The number of Topliss-reactive ketones (excluding diaryl/α,β-unsaturated/α-hetero) is 1. The third-order valence-electron chi connectivity index (χ3n) is 2.13. The van der Waals surface area contributed by atoms with Crippen LogP contribution in [0.15, 0.2) is 12.1 Å². The van der Waals surface area contributed by atoms with Crippen LogP contribution in [0.4, 0.5) is 0 Å². The van der Waals surface area contributed by atoms with Crippen LogP contribution in [0, 0.1) is 0 Å². The molecule has 0 heterocycles. The second-order valence-electron chi connectivity index (χ2n) is 3.05. The van der Waals surface area contributed by atoms with Crippen LogP contribution in [0.3, 0.4) is 0 Å². The first-order valence-corrected chi connectivity index (χ1v) is 4.99. The van der Waals surface area contributed by atoms with Crippen molar-refractivity contribution in [3.05, 3.63) is 23.3 Å². The van der Waals surface area contributed by atoms with E-state index in [4.69, 9.17) is 21.1 Å². The molecule has 0 spiro atoms. The van der Waals surface area contributed by atoms with E-state index in [1.807, 2.05) is 0 Å². The Morgan fingerprint density at radius 1 is 1.27 bits per heavy atom. The first-order chi connectivity index (χ1) is 7.13. The molecule has 82 valence electrons. The van der Waals surface area contributed by atoms with Crippen molar-refractivity contribution in [3.8, 4) is 11.5 Å². The highest BCUT2D eigenvalue weighted by Crippen LogP contribution is 2.30. The first-order valence-electron chi connectivity index (χ1n) is 4.45. The summed E-state index contributed by atoms with van der Waals surface area (Å²) in [5.74, 6) is 1.38. The van der Waals surface area contributed by atoms with Crippen molar-refractivity contribution >= 4 is 17.4 Å². The molecule has 0 radical (unpaired) electrons. The number of carbonyl (C=O) groups is 1. The minimum atomic E-state index is -0.0548. The van der Waals surface area contributed by atoms with E-state index in [0.717, 1.165) is 5.56 Å². The fourth-order valence-electron chi connectivity index (χ4n) is 1.34. The maximum Gasteiger partial charge on any atom is 0.163 e. The second kappa shape index (κ2) is 5.03. The monoisotopic (exact) mass is 228 g/mol. The molecule has 3 nitrogen and oxygen atoms in total. The third-order valence-corrected chi connectivity index (χ3v) is 2.41. The van der Waals surface area contributed by atoms with Crippen LogP contribution in [-0.4, -0.2) is 20.0 Å². The molecule has 0 aliphatic heterocycles. The Hall–Kier alpha value is -1.22. The number of hydrogen-bond acceptors (Lipinski definition) is 3. The van der Waals surface area contributed by atoms with E-state index in [0.29, 0.717) is 22.9 Å².